The highest BCUT2D eigenvalue weighted by Crippen LogP contribution is 2.36. The standard InChI is InChI=1S/C9H8ClNO/c1-5-8-6(10)3-2-4-7(8)11-9(5)12/h2-5H,1H3,(H,11,12)/t5-/m1/s1. The van der Waals surface area contributed by atoms with Gasteiger partial charge in [0.1, 0.15) is 0 Å². The molecule has 1 aromatic carbocycles. The van der Waals surface area contributed by atoms with Crippen LogP contribution in [-0.4, -0.2) is 5.91 Å². The molecule has 3 heteroatoms. The van der Waals surface area contributed by atoms with Gasteiger partial charge in [-0.2, -0.15) is 0 Å². The molecule has 1 aliphatic heterocycles. The van der Waals surface area contributed by atoms with E-state index in [0.717, 1.165) is 11.3 Å². The smallest absolute Gasteiger partial charge is 0.231 e. The van der Waals surface area contributed by atoms with Crippen molar-refractivity contribution in [2.45, 2.75) is 12.8 Å². The number of hydrogen-bond donors (Lipinski definition) is 1. The highest BCUT2D eigenvalue weighted by Gasteiger charge is 2.28. The Labute approximate surface area is 75.5 Å². The molecule has 1 N–H and O–H groups in total. The van der Waals surface area contributed by atoms with Crippen molar-refractivity contribution < 1.29 is 4.79 Å². The van der Waals surface area contributed by atoms with E-state index < -0.39 is 0 Å². The van der Waals surface area contributed by atoms with E-state index in [2.05, 4.69) is 5.32 Å². The van der Waals surface area contributed by atoms with E-state index in [-0.39, 0.29) is 11.8 Å². The monoisotopic (exact) mass is 181 g/mol. The van der Waals surface area contributed by atoms with E-state index in [1.807, 2.05) is 19.1 Å². The first-order valence-electron chi connectivity index (χ1n) is 3.79. The van der Waals surface area contributed by atoms with Crippen molar-refractivity contribution in [1.29, 1.82) is 0 Å². The van der Waals surface area contributed by atoms with Crippen molar-refractivity contribution in [2.24, 2.45) is 0 Å². The number of carbonyl (C=O) groups excluding carboxylic acids is 1. The fourth-order valence-electron chi connectivity index (χ4n) is 1.46. The van der Waals surface area contributed by atoms with Crippen LogP contribution >= 0.6 is 11.6 Å². The van der Waals surface area contributed by atoms with Crippen LogP contribution in [0.4, 0.5) is 5.69 Å². The van der Waals surface area contributed by atoms with Crippen molar-refractivity contribution in [3.63, 3.8) is 0 Å². The Hall–Kier alpha value is -1.02. The molecule has 0 unspecified atom stereocenters. The summed E-state index contributed by atoms with van der Waals surface area (Å²) in [6.45, 7) is 1.85. The van der Waals surface area contributed by atoms with Gasteiger partial charge in [-0.15, -0.1) is 0 Å². The summed E-state index contributed by atoms with van der Waals surface area (Å²) in [5.74, 6) is -0.0909. The first kappa shape index (κ1) is 7.62. The van der Waals surface area contributed by atoms with E-state index >= 15 is 0 Å². The molecular formula is C9H8ClNO. The second kappa shape index (κ2) is 2.49. The summed E-state index contributed by atoms with van der Waals surface area (Å²) in [7, 11) is 0. The van der Waals surface area contributed by atoms with Gasteiger partial charge in [0.2, 0.25) is 5.91 Å². The summed E-state index contributed by atoms with van der Waals surface area (Å²) in [4.78, 5) is 11.2. The van der Waals surface area contributed by atoms with Crippen LogP contribution in [0.5, 0.6) is 0 Å². The second-order valence-corrected chi connectivity index (χ2v) is 3.32. The molecule has 1 aliphatic rings. The van der Waals surface area contributed by atoms with Gasteiger partial charge in [0.05, 0.1) is 5.92 Å². The number of anilines is 1. The molecule has 0 aliphatic carbocycles. The first-order chi connectivity index (χ1) is 5.70. The lowest BCUT2D eigenvalue weighted by Crippen LogP contribution is -2.08. The maximum atomic E-state index is 11.2. The number of rotatable bonds is 0. The van der Waals surface area contributed by atoms with Crippen LogP contribution in [0, 0.1) is 0 Å². The summed E-state index contributed by atoms with van der Waals surface area (Å²) in [6.07, 6.45) is 0. The number of fused-ring (bicyclic) bond motifs is 1. The van der Waals surface area contributed by atoms with Crippen LogP contribution in [0.3, 0.4) is 0 Å². The van der Waals surface area contributed by atoms with Crippen molar-refractivity contribution in [3.8, 4) is 0 Å². The van der Waals surface area contributed by atoms with Gasteiger partial charge < -0.3 is 5.32 Å². The maximum Gasteiger partial charge on any atom is 0.231 e. The van der Waals surface area contributed by atoms with Gasteiger partial charge in [-0.3, -0.25) is 4.79 Å². The molecule has 1 aromatic rings. The summed E-state index contributed by atoms with van der Waals surface area (Å²) in [6, 6.07) is 5.50. The van der Waals surface area contributed by atoms with Gasteiger partial charge in [-0.25, -0.2) is 0 Å². The van der Waals surface area contributed by atoms with Gasteiger partial charge in [0, 0.05) is 16.3 Å². The third-order valence-corrected chi connectivity index (χ3v) is 2.47. The minimum Gasteiger partial charge on any atom is -0.325 e. The van der Waals surface area contributed by atoms with E-state index in [1.165, 1.54) is 0 Å². The number of hydrogen-bond acceptors (Lipinski definition) is 1. The SMILES string of the molecule is C[C@H]1C(=O)Nc2cccc(Cl)c21. The zero-order valence-electron chi connectivity index (χ0n) is 6.60. The Kier molecular flexibility index (Phi) is 1.58. The van der Waals surface area contributed by atoms with Gasteiger partial charge >= 0.3 is 0 Å². The Bertz CT molecular complexity index is 348. The van der Waals surface area contributed by atoms with Crippen LogP contribution in [0.1, 0.15) is 18.4 Å². The molecule has 0 saturated heterocycles. The number of carbonyl (C=O) groups is 1. The molecule has 1 heterocycles. The largest absolute Gasteiger partial charge is 0.325 e. The number of halogens is 1. The van der Waals surface area contributed by atoms with Gasteiger partial charge in [-0.05, 0) is 19.1 Å². The Morgan fingerprint density at radius 1 is 1.50 bits per heavy atom. The number of nitrogens with one attached hydrogen (secondary N) is 1. The van der Waals surface area contributed by atoms with E-state index in [4.69, 9.17) is 11.6 Å². The third-order valence-electron chi connectivity index (χ3n) is 2.14. The predicted molar refractivity (Wildman–Crippen MR) is 48.5 cm³/mol. The third kappa shape index (κ3) is 0.916. The molecule has 0 fully saturated rings. The van der Waals surface area contributed by atoms with Gasteiger partial charge in [0.25, 0.3) is 0 Å². The molecule has 0 radical (unpaired) electrons. The fourth-order valence-corrected chi connectivity index (χ4v) is 1.80. The van der Waals surface area contributed by atoms with Crippen LogP contribution in [0.15, 0.2) is 18.2 Å². The van der Waals surface area contributed by atoms with Crippen LogP contribution in [0.25, 0.3) is 0 Å². The zero-order chi connectivity index (χ0) is 8.72. The fraction of sp³-hybridized carbons (Fsp3) is 0.222. The van der Waals surface area contributed by atoms with Gasteiger partial charge in [-0.1, -0.05) is 17.7 Å². The first-order valence-corrected chi connectivity index (χ1v) is 4.17. The average Bonchev–Trinajstić information content (AvgIpc) is 2.29. The normalized spacial score (nSPS) is 20.5. The quantitative estimate of drug-likeness (QED) is 0.654. The minimum absolute atomic E-state index is 0.0260. The lowest BCUT2D eigenvalue weighted by molar-refractivity contribution is -0.116. The van der Waals surface area contributed by atoms with E-state index in [0.29, 0.717) is 5.02 Å². The van der Waals surface area contributed by atoms with Gasteiger partial charge in [0.15, 0.2) is 0 Å². The zero-order valence-corrected chi connectivity index (χ0v) is 7.35. The van der Waals surface area contributed by atoms with Crippen LogP contribution < -0.4 is 5.32 Å². The molecule has 1 amide bonds. The van der Waals surface area contributed by atoms with E-state index in [1.54, 1.807) is 6.07 Å². The second-order valence-electron chi connectivity index (χ2n) is 2.91. The van der Waals surface area contributed by atoms with Crippen molar-refractivity contribution >= 4 is 23.2 Å². The Balaban J connectivity index is 2.62. The number of amides is 1. The average molecular weight is 182 g/mol. The lowest BCUT2D eigenvalue weighted by Gasteiger charge is -2.02. The van der Waals surface area contributed by atoms with Crippen molar-refractivity contribution in [3.05, 3.63) is 28.8 Å². The molecule has 2 nitrogen and oxygen atoms in total. The molecule has 1 atom stereocenters. The highest BCUT2D eigenvalue weighted by molar-refractivity contribution is 6.32. The van der Waals surface area contributed by atoms with E-state index in [9.17, 15) is 4.79 Å². The summed E-state index contributed by atoms with van der Waals surface area (Å²) >= 11 is 5.94. The molecule has 0 bridgehead atoms. The highest BCUT2D eigenvalue weighted by atomic mass is 35.5. The molecular weight excluding hydrogens is 174 g/mol. The molecule has 0 saturated carbocycles. The number of benzene rings is 1. The summed E-state index contributed by atoms with van der Waals surface area (Å²) < 4.78 is 0. The van der Waals surface area contributed by atoms with Crippen molar-refractivity contribution in [1.82, 2.24) is 0 Å². The van der Waals surface area contributed by atoms with Crippen molar-refractivity contribution in [2.75, 3.05) is 5.32 Å². The molecule has 62 valence electrons. The lowest BCUT2D eigenvalue weighted by atomic mass is 10.0. The predicted octanol–water partition coefficient (Wildman–Crippen LogP) is 2.40. The summed E-state index contributed by atoms with van der Waals surface area (Å²) in [5, 5.41) is 3.43. The minimum atomic E-state index is -0.117. The Morgan fingerprint density at radius 3 is 2.92 bits per heavy atom. The Morgan fingerprint density at radius 2 is 2.25 bits per heavy atom. The topological polar surface area (TPSA) is 29.1 Å². The molecule has 0 aromatic heterocycles. The van der Waals surface area contributed by atoms with Crippen LogP contribution in [0.2, 0.25) is 5.02 Å². The molecule has 2 rings (SSSR count). The summed E-state index contributed by atoms with van der Waals surface area (Å²) in [5.41, 5.74) is 1.77. The van der Waals surface area contributed by atoms with Crippen LogP contribution in [-0.2, 0) is 4.79 Å². The molecule has 0 spiro atoms. The molecule has 12 heavy (non-hydrogen) atoms. The maximum absolute atomic E-state index is 11.2.